The Bertz CT molecular complexity index is 249. The maximum atomic E-state index is 5.86. The maximum Gasteiger partial charge on any atom is 0.0829 e. The zero-order valence-corrected chi connectivity index (χ0v) is 11.3. The third-order valence-corrected chi connectivity index (χ3v) is 4.26. The van der Waals surface area contributed by atoms with Crippen molar-refractivity contribution in [3.05, 3.63) is 0 Å². The van der Waals surface area contributed by atoms with Crippen molar-refractivity contribution < 1.29 is 4.74 Å². The van der Waals surface area contributed by atoms with E-state index in [4.69, 9.17) is 10.5 Å². The van der Waals surface area contributed by atoms with Gasteiger partial charge in [-0.1, -0.05) is 13.8 Å². The highest BCUT2D eigenvalue weighted by molar-refractivity contribution is 4.88. The smallest absolute Gasteiger partial charge is 0.0829 e. The lowest BCUT2D eigenvalue weighted by Gasteiger charge is -2.34. The number of rotatable bonds is 4. The summed E-state index contributed by atoms with van der Waals surface area (Å²) in [6, 6.07) is 0. The molecule has 17 heavy (non-hydrogen) atoms. The largest absolute Gasteiger partial charge is 0.374 e. The molecule has 0 aromatic carbocycles. The first-order valence-electron chi connectivity index (χ1n) is 6.91. The number of nitrogens with zero attached hydrogens (tertiary/aromatic N) is 2. The van der Waals surface area contributed by atoms with Crippen LogP contribution >= 0.6 is 0 Å². The number of likely N-dealkylation sites (N-methyl/N-ethyl adjacent to an activating group) is 1. The summed E-state index contributed by atoms with van der Waals surface area (Å²) in [5, 5.41) is 0. The molecule has 2 heterocycles. The summed E-state index contributed by atoms with van der Waals surface area (Å²) in [6.07, 6.45) is 1.62. The van der Waals surface area contributed by atoms with Crippen molar-refractivity contribution in [1.29, 1.82) is 0 Å². The van der Waals surface area contributed by atoms with Gasteiger partial charge in [0.1, 0.15) is 0 Å². The summed E-state index contributed by atoms with van der Waals surface area (Å²) >= 11 is 0. The van der Waals surface area contributed by atoms with Gasteiger partial charge in [0.05, 0.1) is 12.7 Å². The molecule has 0 bridgehead atoms. The molecule has 0 amide bonds. The molecule has 0 aromatic heterocycles. The topological polar surface area (TPSA) is 41.7 Å². The first-order chi connectivity index (χ1) is 8.15. The summed E-state index contributed by atoms with van der Waals surface area (Å²) < 4.78 is 5.86. The molecule has 0 spiro atoms. The third kappa shape index (κ3) is 3.41. The molecule has 4 nitrogen and oxygen atoms in total. The van der Waals surface area contributed by atoms with E-state index in [1.54, 1.807) is 0 Å². The number of morpholine rings is 1. The maximum absolute atomic E-state index is 5.86. The van der Waals surface area contributed by atoms with Crippen LogP contribution in [0.25, 0.3) is 0 Å². The standard InChI is InChI=1S/C13H27N3O/c1-3-15-6-7-17-12(8-15)9-16-5-4-13(2,10-14)11-16/h12H,3-11,14H2,1-2H3. The van der Waals surface area contributed by atoms with Crippen LogP contribution in [0, 0.1) is 5.41 Å². The minimum atomic E-state index is 0.332. The van der Waals surface area contributed by atoms with Crippen LogP contribution in [0.15, 0.2) is 0 Å². The van der Waals surface area contributed by atoms with E-state index in [1.807, 2.05) is 0 Å². The Morgan fingerprint density at radius 3 is 2.82 bits per heavy atom. The van der Waals surface area contributed by atoms with Gasteiger partial charge >= 0.3 is 0 Å². The fraction of sp³-hybridized carbons (Fsp3) is 1.00. The van der Waals surface area contributed by atoms with E-state index in [1.165, 1.54) is 13.0 Å². The predicted octanol–water partition coefficient (Wildman–Crippen LogP) is 0.378. The lowest BCUT2D eigenvalue weighted by atomic mass is 9.90. The third-order valence-electron chi connectivity index (χ3n) is 4.26. The van der Waals surface area contributed by atoms with Crippen LogP contribution in [0.4, 0.5) is 0 Å². The first kappa shape index (κ1) is 13.3. The van der Waals surface area contributed by atoms with E-state index in [-0.39, 0.29) is 0 Å². The molecule has 4 heteroatoms. The molecule has 2 rings (SSSR count). The van der Waals surface area contributed by atoms with Gasteiger partial charge in [0.15, 0.2) is 0 Å². The molecule has 2 atom stereocenters. The highest BCUT2D eigenvalue weighted by Crippen LogP contribution is 2.28. The second-order valence-corrected chi connectivity index (χ2v) is 5.89. The monoisotopic (exact) mass is 241 g/mol. The fourth-order valence-electron chi connectivity index (χ4n) is 2.91. The molecule has 0 aliphatic carbocycles. The van der Waals surface area contributed by atoms with Crippen LogP contribution < -0.4 is 5.73 Å². The van der Waals surface area contributed by atoms with Crippen molar-refractivity contribution in [3.63, 3.8) is 0 Å². The van der Waals surface area contributed by atoms with Gasteiger partial charge in [-0.15, -0.1) is 0 Å². The van der Waals surface area contributed by atoms with Crippen molar-refractivity contribution in [2.24, 2.45) is 11.1 Å². The first-order valence-corrected chi connectivity index (χ1v) is 6.91. The van der Waals surface area contributed by atoms with Crippen LogP contribution in [0.5, 0.6) is 0 Å². The fourth-order valence-corrected chi connectivity index (χ4v) is 2.91. The second-order valence-electron chi connectivity index (χ2n) is 5.89. The Morgan fingerprint density at radius 1 is 1.35 bits per heavy atom. The van der Waals surface area contributed by atoms with E-state index in [0.29, 0.717) is 11.5 Å². The lowest BCUT2D eigenvalue weighted by Crippen LogP contribution is -2.47. The van der Waals surface area contributed by atoms with Crippen molar-refractivity contribution in [2.75, 3.05) is 52.4 Å². The molecule has 2 saturated heterocycles. The van der Waals surface area contributed by atoms with Crippen molar-refractivity contribution in [2.45, 2.75) is 26.4 Å². The van der Waals surface area contributed by atoms with Crippen molar-refractivity contribution in [3.8, 4) is 0 Å². The number of nitrogens with two attached hydrogens (primary N) is 1. The van der Waals surface area contributed by atoms with Gasteiger partial charge in [-0.2, -0.15) is 0 Å². The van der Waals surface area contributed by atoms with Gasteiger partial charge < -0.3 is 15.4 Å². The zero-order valence-electron chi connectivity index (χ0n) is 11.3. The lowest BCUT2D eigenvalue weighted by molar-refractivity contribution is -0.0400. The molecule has 2 fully saturated rings. The molecule has 0 saturated carbocycles. The van der Waals surface area contributed by atoms with Gasteiger partial charge in [-0.3, -0.25) is 4.90 Å². The molecule has 2 aliphatic heterocycles. The Hall–Kier alpha value is -0.160. The zero-order chi connectivity index (χ0) is 12.3. The van der Waals surface area contributed by atoms with Gasteiger partial charge in [0, 0.05) is 26.2 Å². The van der Waals surface area contributed by atoms with Gasteiger partial charge in [-0.05, 0) is 31.5 Å². The molecule has 2 aliphatic rings. The van der Waals surface area contributed by atoms with Crippen molar-refractivity contribution >= 4 is 0 Å². The summed E-state index contributed by atoms with van der Waals surface area (Å²) in [5.41, 5.74) is 6.17. The molecular formula is C13H27N3O. The Kier molecular flexibility index (Phi) is 4.42. The summed E-state index contributed by atoms with van der Waals surface area (Å²) in [4.78, 5) is 5.00. The van der Waals surface area contributed by atoms with Crippen LogP contribution in [-0.4, -0.2) is 68.3 Å². The average Bonchev–Trinajstić information content (AvgIpc) is 2.72. The number of ether oxygens (including phenoxy) is 1. The molecular weight excluding hydrogens is 214 g/mol. The Labute approximate surface area is 105 Å². The SMILES string of the molecule is CCN1CCOC(CN2CCC(C)(CN)C2)C1. The predicted molar refractivity (Wildman–Crippen MR) is 70.1 cm³/mol. The summed E-state index contributed by atoms with van der Waals surface area (Å²) in [6.45, 7) is 12.9. The van der Waals surface area contributed by atoms with Gasteiger partial charge in [0.25, 0.3) is 0 Å². The highest BCUT2D eigenvalue weighted by Gasteiger charge is 2.34. The second kappa shape index (κ2) is 5.65. The summed E-state index contributed by atoms with van der Waals surface area (Å²) in [7, 11) is 0. The van der Waals surface area contributed by atoms with E-state index >= 15 is 0 Å². The van der Waals surface area contributed by atoms with E-state index in [9.17, 15) is 0 Å². The quantitative estimate of drug-likeness (QED) is 0.772. The van der Waals surface area contributed by atoms with E-state index in [0.717, 1.165) is 45.9 Å². The number of hydrogen-bond donors (Lipinski definition) is 1. The van der Waals surface area contributed by atoms with Gasteiger partial charge in [-0.25, -0.2) is 0 Å². The van der Waals surface area contributed by atoms with Crippen LogP contribution in [0.1, 0.15) is 20.3 Å². The molecule has 0 radical (unpaired) electrons. The number of likely N-dealkylation sites (tertiary alicyclic amines) is 1. The number of hydrogen-bond acceptors (Lipinski definition) is 4. The van der Waals surface area contributed by atoms with Gasteiger partial charge in [0.2, 0.25) is 0 Å². The molecule has 0 aromatic rings. The van der Waals surface area contributed by atoms with Crippen LogP contribution in [-0.2, 0) is 4.74 Å². The molecule has 2 unspecified atom stereocenters. The summed E-state index contributed by atoms with van der Waals surface area (Å²) in [5.74, 6) is 0. The highest BCUT2D eigenvalue weighted by atomic mass is 16.5. The van der Waals surface area contributed by atoms with Crippen molar-refractivity contribution in [1.82, 2.24) is 9.80 Å². The van der Waals surface area contributed by atoms with E-state index in [2.05, 4.69) is 23.6 Å². The Balaban J connectivity index is 1.78. The van der Waals surface area contributed by atoms with Crippen LogP contribution in [0.3, 0.4) is 0 Å². The average molecular weight is 241 g/mol. The Morgan fingerprint density at radius 2 is 2.18 bits per heavy atom. The minimum absolute atomic E-state index is 0.332. The normalized spacial score (nSPS) is 36.5. The van der Waals surface area contributed by atoms with E-state index < -0.39 is 0 Å². The molecule has 2 N–H and O–H groups in total. The molecule has 100 valence electrons. The minimum Gasteiger partial charge on any atom is -0.374 e. The van der Waals surface area contributed by atoms with Crippen LogP contribution in [0.2, 0.25) is 0 Å².